The number of hydrogen-bond acceptors (Lipinski definition) is 5. The van der Waals surface area contributed by atoms with Gasteiger partial charge in [-0.1, -0.05) is 13.8 Å². The molecule has 0 atom stereocenters. The van der Waals surface area contributed by atoms with Gasteiger partial charge in [-0.3, -0.25) is 0 Å². The number of nitrogens with one attached hydrogen (secondary N) is 1. The van der Waals surface area contributed by atoms with E-state index in [1.165, 1.54) is 28.5 Å². The summed E-state index contributed by atoms with van der Waals surface area (Å²) in [5.41, 5.74) is 1.37. The third kappa shape index (κ3) is 3.51. The van der Waals surface area contributed by atoms with Crippen molar-refractivity contribution in [2.45, 2.75) is 39.2 Å². The van der Waals surface area contributed by atoms with Crippen molar-refractivity contribution >= 4 is 16.5 Å². The van der Waals surface area contributed by atoms with Gasteiger partial charge in [0.2, 0.25) is 0 Å². The Labute approximate surface area is 125 Å². The van der Waals surface area contributed by atoms with E-state index in [9.17, 15) is 0 Å². The van der Waals surface area contributed by atoms with Crippen molar-refractivity contribution in [3.63, 3.8) is 0 Å². The van der Waals surface area contributed by atoms with Crippen molar-refractivity contribution in [1.29, 1.82) is 0 Å². The molecule has 112 valence electrons. The van der Waals surface area contributed by atoms with Crippen molar-refractivity contribution in [2.75, 3.05) is 37.7 Å². The second-order valence-electron chi connectivity index (χ2n) is 6.20. The largest absolute Gasteiger partial charge is 0.378 e. The Morgan fingerprint density at radius 3 is 2.75 bits per heavy atom. The van der Waals surface area contributed by atoms with Crippen LogP contribution in [0.5, 0.6) is 0 Å². The standard InChI is InChI=1S/C15H25N3OS/c1-11(2)9-16-10-13-14(12-3-4-12)17-15(20-13)18-5-7-19-8-6-18/h11-12,16H,3-10H2,1-2H3. The molecule has 0 amide bonds. The van der Waals surface area contributed by atoms with Gasteiger partial charge < -0.3 is 15.0 Å². The molecule has 2 fully saturated rings. The lowest BCUT2D eigenvalue weighted by Crippen LogP contribution is -2.36. The topological polar surface area (TPSA) is 37.4 Å². The molecule has 1 saturated carbocycles. The van der Waals surface area contributed by atoms with E-state index < -0.39 is 0 Å². The second kappa shape index (κ2) is 6.41. The minimum atomic E-state index is 0.700. The quantitative estimate of drug-likeness (QED) is 0.875. The Morgan fingerprint density at radius 2 is 2.10 bits per heavy atom. The smallest absolute Gasteiger partial charge is 0.185 e. The van der Waals surface area contributed by atoms with Crippen LogP contribution >= 0.6 is 11.3 Å². The summed E-state index contributed by atoms with van der Waals surface area (Å²) in [4.78, 5) is 8.78. The highest BCUT2D eigenvalue weighted by molar-refractivity contribution is 7.15. The Kier molecular flexibility index (Phi) is 4.58. The van der Waals surface area contributed by atoms with Crippen LogP contribution in [0.15, 0.2) is 0 Å². The molecule has 1 aliphatic carbocycles. The highest BCUT2D eigenvalue weighted by Gasteiger charge is 2.30. The maximum Gasteiger partial charge on any atom is 0.185 e. The van der Waals surface area contributed by atoms with Gasteiger partial charge >= 0.3 is 0 Å². The number of thiazole rings is 1. The number of ether oxygens (including phenoxy) is 1. The van der Waals surface area contributed by atoms with Gasteiger partial charge in [-0.15, -0.1) is 11.3 Å². The van der Waals surface area contributed by atoms with Crippen LogP contribution in [0.1, 0.15) is 43.2 Å². The molecule has 0 unspecified atom stereocenters. The fourth-order valence-electron chi connectivity index (χ4n) is 2.52. The molecule has 20 heavy (non-hydrogen) atoms. The highest BCUT2D eigenvalue weighted by Crippen LogP contribution is 2.44. The van der Waals surface area contributed by atoms with Crippen LogP contribution in [0, 0.1) is 5.92 Å². The van der Waals surface area contributed by atoms with Gasteiger partial charge in [0.05, 0.1) is 18.9 Å². The Bertz CT molecular complexity index is 436. The summed E-state index contributed by atoms with van der Waals surface area (Å²) in [5, 5.41) is 4.77. The van der Waals surface area contributed by atoms with Crippen molar-refractivity contribution in [3.05, 3.63) is 10.6 Å². The molecule has 0 aromatic carbocycles. The molecular weight excluding hydrogens is 270 g/mol. The molecule has 0 radical (unpaired) electrons. The molecule has 3 rings (SSSR count). The SMILES string of the molecule is CC(C)CNCc1sc(N2CCOCC2)nc1C1CC1. The molecule has 1 saturated heterocycles. The van der Waals surface area contributed by atoms with Gasteiger partial charge in [-0.05, 0) is 25.3 Å². The minimum absolute atomic E-state index is 0.700. The molecule has 0 bridgehead atoms. The van der Waals surface area contributed by atoms with Crippen LogP contribution in [0.2, 0.25) is 0 Å². The lowest BCUT2D eigenvalue weighted by Gasteiger charge is -2.26. The van der Waals surface area contributed by atoms with E-state index in [-0.39, 0.29) is 0 Å². The van der Waals surface area contributed by atoms with Crippen LogP contribution in [0.25, 0.3) is 0 Å². The summed E-state index contributed by atoms with van der Waals surface area (Å²) in [6.07, 6.45) is 2.65. The van der Waals surface area contributed by atoms with Crippen molar-refractivity contribution < 1.29 is 4.74 Å². The zero-order chi connectivity index (χ0) is 13.9. The lowest BCUT2D eigenvalue weighted by molar-refractivity contribution is 0.122. The Morgan fingerprint density at radius 1 is 1.35 bits per heavy atom. The molecule has 1 aromatic heterocycles. The van der Waals surface area contributed by atoms with Crippen LogP contribution in [0.3, 0.4) is 0 Å². The normalized spacial score (nSPS) is 19.9. The van der Waals surface area contributed by atoms with Crippen LogP contribution in [0.4, 0.5) is 5.13 Å². The summed E-state index contributed by atoms with van der Waals surface area (Å²) in [5.74, 6) is 1.43. The first kappa shape index (κ1) is 14.3. The average molecular weight is 295 g/mol. The maximum absolute atomic E-state index is 5.43. The first-order valence-corrected chi connectivity index (χ1v) is 8.58. The van der Waals surface area contributed by atoms with Crippen LogP contribution < -0.4 is 10.2 Å². The second-order valence-corrected chi connectivity index (χ2v) is 7.27. The molecule has 2 heterocycles. The first-order valence-electron chi connectivity index (χ1n) is 7.77. The van der Waals surface area contributed by atoms with Gasteiger partial charge in [0.1, 0.15) is 0 Å². The van der Waals surface area contributed by atoms with Gasteiger partial charge in [0.15, 0.2) is 5.13 Å². The van der Waals surface area contributed by atoms with Gasteiger partial charge in [-0.25, -0.2) is 4.98 Å². The molecule has 2 aliphatic rings. The highest BCUT2D eigenvalue weighted by atomic mass is 32.1. The fraction of sp³-hybridized carbons (Fsp3) is 0.800. The molecular formula is C15H25N3OS. The van der Waals surface area contributed by atoms with Crippen molar-refractivity contribution in [1.82, 2.24) is 10.3 Å². The van der Waals surface area contributed by atoms with Gasteiger partial charge in [0.25, 0.3) is 0 Å². The fourth-order valence-corrected chi connectivity index (χ4v) is 3.68. The number of morpholine rings is 1. The van der Waals surface area contributed by atoms with Crippen molar-refractivity contribution in [2.24, 2.45) is 5.92 Å². The number of rotatable bonds is 6. The predicted octanol–water partition coefficient (Wildman–Crippen LogP) is 2.60. The van der Waals surface area contributed by atoms with Crippen LogP contribution in [-0.4, -0.2) is 37.8 Å². The minimum Gasteiger partial charge on any atom is -0.378 e. The molecule has 1 N–H and O–H groups in total. The number of anilines is 1. The van der Waals surface area contributed by atoms with E-state index in [0.717, 1.165) is 45.3 Å². The maximum atomic E-state index is 5.43. The summed E-state index contributed by atoms with van der Waals surface area (Å²) in [6.45, 7) is 10.2. The summed E-state index contributed by atoms with van der Waals surface area (Å²) < 4.78 is 5.43. The number of hydrogen-bond donors (Lipinski definition) is 1. The van der Waals surface area contributed by atoms with E-state index in [4.69, 9.17) is 9.72 Å². The zero-order valence-electron chi connectivity index (χ0n) is 12.5. The van der Waals surface area contributed by atoms with Crippen LogP contribution in [-0.2, 0) is 11.3 Å². The average Bonchev–Trinajstić information content (AvgIpc) is 3.20. The molecule has 0 spiro atoms. The molecule has 4 nitrogen and oxygen atoms in total. The van der Waals surface area contributed by atoms with E-state index >= 15 is 0 Å². The van der Waals surface area contributed by atoms with Gasteiger partial charge in [-0.2, -0.15) is 0 Å². The molecule has 1 aliphatic heterocycles. The number of nitrogens with zero attached hydrogens (tertiary/aromatic N) is 2. The Balaban J connectivity index is 1.68. The predicted molar refractivity (Wildman–Crippen MR) is 83.7 cm³/mol. The number of aromatic nitrogens is 1. The van der Waals surface area contributed by atoms with E-state index in [0.29, 0.717) is 5.92 Å². The summed E-state index contributed by atoms with van der Waals surface area (Å²) in [6, 6.07) is 0. The monoisotopic (exact) mass is 295 g/mol. The summed E-state index contributed by atoms with van der Waals surface area (Å²) >= 11 is 1.88. The van der Waals surface area contributed by atoms with E-state index in [1.807, 2.05) is 11.3 Å². The summed E-state index contributed by atoms with van der Waals surface area (Å²) in [7, 11) is 0. The molecule has 1 aromatic rings. The van der Waals surface area contributed by atoms with Gasteiger partial charge in [0, 0.05) is 30.4 Å². The third-order valence-electron chi connectivity index (χ3n) is 3.80. The lowest BCUT2D eigenvalue weighted by atomic mass is 10.2. The first-order chi connectivity index (χ1) is 9.74. The van der Waals surface area contributed by atoms with Crippen molar-refractivity contribution in [3.8, 4) is 0 Å². The Hall–Kier alpha value is -0.650. The molecule has 5 heteroatoms. The third-order valence-corrected chi connectivity index (χ3v) is 4.93. The van der Waals surface area contributed by atoms with E-state index in [1.54, 1.807) is 0 Å². The van der Waals surface area contributed by atoms with E-state index in [2.05, 4.69) is 24.1 Å². The zero-order valence-corrected chi connectivity index (χ0v) is 13.3.